The second kappa shape index (κ2) is 7.99. The van der Waals surface area contributed by atoms with Gasteiger partial charge in [-0.2, -0.15) is 0 Å². The third-order valence-electron chi connectivity index (χ3n) is 5.33. The van der Waals surface area contributed by atoms with Gasteiger partial charge in [0.1, 0.15) is 0 Å². The molecule has 0 aromatic heterocycles. The monoisotopic (exact) mass is 357 g/mol. The second-order valence-corrected chi connectivity index (χ2v) is 7.51. The molecule has 6 heteroatoms. The van der Waals surface area contributed by atoms with Gasteiger partial charge >= 0.3 is 17.8 Å². The average molecular weight is 357 g/mol. The van der Waals surface area contributed by atoms with Gasteiger partial charge in [-0.15, -0.1) is 0 Å². The summed E-state index contributed by atoms with van der Waals surface area (Å²) in [6.45, 7) is 5.41. The Labute approximate surface area is 154 Å². The molecule has 1 aromatic carbocycles. The molecule has 0 saturated carbocycles. The maximum Gasteiger partial charge on any atom is 0.335 e. The summed E-state index contributed by atoms with van der Waals surface area (Å²) in [7, 11) is 0. The number of carbonyl (C=O) groups is 3. The molecule has 0 radical (unpaired) electrons. The molecule has 0 aliphatic carbocycles. The van der Waals surface area contributed by atoms with Crippen molar-refractivity contribution in [3.05, 3.63) is 35.9 Å². The average Bonchev–Trinajstić information content (AvgIpc) is 2.85. The summed E-state index contributed by atoms with van der Waals surface area (Å²) in [5.74, 6) is -0.733. The Morgan fingerprint density at radius 3 is 2.23 bits per heavy atom. The first-order valence-corrected chi connectivity index (χ1v) is 9.42. The normalized spacial score (nSPS) is 19.9. The molecule has 2 saturated heterocycles. The summed E-state index contributed by atoms with van der Waals surface area (Å²) < 4.78 is 0. The van der Waals surface area contributed by atoms with Gasteiger partial charge in [0.2, 0.25) is 0 Å². The van der Waals surface area contributed by atoms with E-state index in [0.717, 1.165) is 42.2 Å². The van der Waals surface area contributed by atoms with Crippen LogP contribution in [0.25, 0.3) is 0 Å². The number of aryl methyl sites for hydroxylation is 1. The zero-order chi connectivity index (χ0) is 18.7. The Hall–Kier alpha value is -2.21. The smallest absolute Gasteiger partial charge is 0.285 e. The summed E-state index contributed by atoms with van der Waals surface area (Å²) in [5.41, 5.74) is 1.37. The third-order valence-corrected chi connectivity index (χ3v) is 5.33. The van der Waals surface area contributed by atoms with Crippen LogP contribution < -0.4 is 0 Å². The van der Waals surface area contributed by atoms with E-state index in [-0.39, 0.29) is 12.7 Å². The number of hydrogen-bond acceptors (Lipinski definition) is 4. The van der Waals surface area contributed by atoms with Gasteiger partial charge in [0, 0.05) is 19.1 Å². The number of imide groups is 2. The van der Waals surface area contributed by atoms with Gasteiger partial charge in [0.25, 0.3) is 0 Å². The minimum atomic E-state index is -0.706. The molecule has 1 aromatic rings. The highest BCUT2D eigenvalue weighted by atomic mass is 16.2. The van der Waals surface area contributed by atoms with Gasteiger partial charge < -0.3 is 0 Å². The fourth-order valence-corrected chi connectivity index (χ4v) is 3.73. The second-order valence-electron chi connectivity index (χ2n) is 7.51. The number of likely N-dealkylation sites (tertiary alicyclic amines) is 1. The predicted octanol–water partition coefficient (Wildman–Crippen LogP) is 2.49. The van der Waals surface area contributed by atoms with Crippen molar-refractivity contribution >= 4 is 17.8 Å². The molecule has 2 heterocycles. The number of hydrogen-bond donors (Lipinski definition) is 0. The summed E-state index contributed by atoms with van der Waals surface area (Å²) in [6.07, 6.45) is 4.38. The Bertz CT molecular complexity index is 666. The number of piperidine rings is 1. The number of benzene rings is 1. The lowest BCUT2D eigenvalue weighted by Gasteiger charge is -2.33. The molecular weight excluding hydrogens is 330 g/mol. The van der Waals surface area contributed by atoms with Crippen LogP contribution in [0.4, 0.5) is 4.79 Å². The van der Waals surface area contributed by atoms with Crippen LogP contribution in [0.1, 0.15) is 38.7 Å². The van der Waals surface area contributed by atoms with Crippen molar-refractivity contribution in [2.45, 2.75) is 45.6 Å². The maximum atomic E-state index is 12.3. The SMILES string of the molecule is CC(C)N1C(=O)C(=O)N(CN2CCC(CCc3ccccc3)CC2)C1=O. The van der Waals surface area contributed by atoms with Crippen molar-refractivity contribution < 1.29 is 14.4 Å². The zero-order valence-electron chi connectivity index (χ0n) is 15.6. The quantitative estimate of drug-likeness (QED) is 0.580. The molecule has 140 valence electrons. The molecular formula is C20H27N3O3. The number of carbonyl (C=O) groups excluding carboxylic acids is 3. The number of amides is 4. The Balaban J connectivity index is 1.47. The van der Waals surface area contributed by atoms with Crippen LogP contribution >= 0.6 is 0 Å². The highest BCUT2D eigenvalue weighted by Gasteiger charge is 2.46. The van der Waals surface area contributed by atoms with Gasteiger partial charge in [-0.3, -0.25) is 19.4 Å². The van der Waals surface area contributed by atoms with Gasteiger partial charge in [-0.1, -0.05) is 30.3 Å². The standard InChI is InChI=1S/C20H27N3O3/c1-15(2)23-19(25)18(24)22(20(23)26)14-21-12-10-17(11-13-21)9-8-16-6-4-3-5-7-16/h3-7,15,17H,8-14H2,1-2H3. The van der Waals surface area contributed by atoms with Crippen LogP contribution in [-0.2, 0) is 16.0 Å². The van der Waals surface area contributed by atoms with Crippen LogP contribution in [0.2, 0.25) is 0 Å². The lowest BCUT2D eigenvalue weighted by atomic mass is 9.91. The van der Waals surface area contributed by atoms with Crippen molar-refractivity contribution in [2.75, 3.05) is 19.8 Å². The highest BCUT2D eigenvalue weighted by Crippen LogP contribution is 2.24. The summed E-state index contributed by atoms with van der Waals surface area (Å²) in [4.78, 5) is 40.7. The van der Waals surface area contributed by atoms with Gasteiger partial charge in [0.05, 0.1) is 6.67 Å². The van der Waals surface area contributed by atoms with E-state index in [1.807, 2.05) is 6.07 Å². The van der Waals surface area contributed by atoms with Gasteiger partial charge in [0.15, 0.2) is 0 Å². The molecule has 26 heavy (non-hydrogen) atoms. The fraction of sp³-hybridized carbons (Fsp3) is 0.550. The van der Waals surface area contributed by atoms with Crippen molar-refractivity contribution in [3.63, 3.8) is 0 Å². The minimum Gasteiger partial charge on any atom is -0.285 e. The Kier molecular flexibility index (Phi) is 5.71. The first kappa shape index (κ1) is 18.6. The predicted molar refractivity (Wildman–Crippen MR) is 98.2 cm³/mol. The lowest BCUT2D eigenvalue weighted by molar-refractivity contribution is -0.144. The lowest BCUT2D eigenvalue weighted by Crippen LogP contribution is -2.45. The first-order chi connectivity index (χ1) is 12.5. The van der Waals surface area contributed by atoms with Crippen molar-refractivity contribution in [1.82, 2.24) is 14.7 Å². The molecule has 2 aliphatic heterocycles. The van der Waals surface area contributed by atoms with Crippen molar-refractivity contribution in [2.24, 2.45) is 5.92 Å². The van der Waals surface area contributed by atoms with Crippen LogP contribution in [0.15, 0.2) is 30.3 Å². The number of urea groups is 1. The molecule has 0 spiro atoms. The minimum absolute atomic E-state index is 0.220. The first-order valence-electron chi connectivity index (χ1n) is 9.42. The van der Waals surface area contributed by atoms with E-state index in [0.29, 0.717) is 5.92 Å². The molecule has 0 bridgehead atoms. The van der Waals surface area contributed by atoms with E-state index in [9.17, 15) is 14.4 Å². The summed E-state index contributed by atoms with van der Waals surface area (Å²) in [5, 5.41) is 0. The highest BCUT2D eigenvalue weighted by molar-refractivity contribution is 6.44. The van der Waals surface area contributed by atoms with E-state index in [1.54, 1.807) is 13.8 Å². The van der Waals surface area contributed by atoms with Crippen LogP contribution in [0.5, 0.6) is 0 Å². The van der Waals surface area contributed by atoms with Crippen LogP contribution in [-0.4, -0.2) is 58.3 Å². The van der Waals surface area contributed by atoms with E-state index in [1.165, 1.54) is 12.0 Å². The fourth-order valence-electron chi connectivity index (χ4n) is 3.73. The number of nitrogens with zero attached hydrogens (tertiary/aromatic N) is 3. The molecule has 6 nitrogen and oxygen atoms in total. The molecule has 0 N–H and O–H groups in total. The van der Waals surface area contributed by atoms with Crippen LogP contribution in [0.3, 0.4) is 0 Å². The van der Waals surface area contributed by atoms with Crippen molar-refractivity contribution in [1.29, 1.82) is 0 Å². The molecule has 2 aliphatic rings. The Morgan fingerprint density at radius 2 is 1.65 bits per heavy atom. The summed E-state index contributed by atoms with van der Waals surface area (Å²) in [6, 6.07) is 9.73. The molecule has 0 unspecified atom stereocenters. The van der Waals surface area contributed by atoms with E-state index < -0.39 is 17.8 Å². The third kappa shape index (κ3) is 3.96. The van der Waals surface area contributed by atoms with E-state index in [4.69, 9.17) is 0 Å². The summed E-state index contributed by atoms with van der Waals surface area (Å²) >= 11 is 0. The van der Waals surface area contributed by atoms with Gasteiger partial charge in [-0.05, 0) is 51.0 Å². The molecule has 0 atom stereocenters. The molecule has 3 rings (SSSR count). The van der Waals surface area contributed by atoms with Crippen LogP contribution in [0, 0.1) is 5.92 Å². The molecule has 4 amide bonds. The Morgan fingerprint density at radius 1 is 1.00 bits per heavy atom. The van der Waals surface area contributed by atoms with E-state index in [2.05, 4.69) is 29.2 Å². The van der Waals surface area contributed by atoms with Gasteiger partial charge in [-0.25, -0.2) is 9.69 Å². The van der Waals surface area contributed by atoms with Crippen molar-refractivity contribution in [3.8, 4) is 0 Å². The van der Waals surface area contributed by atoms with E-state index >= 15 is 0 Å². The molecule has 2 fully saturated rings. The largest absolute Gasteiger partial charge is 0.335 e. The zero-order valence-corrected chi connectivity index (χ0v) is 15.6. The topological polar surface area (TPSA) is 60.9 Å². The number of rotatable bonds is 6. The maximum absolute atomic E-state index is 12.3.